The fourth-order valence-electron chi connectivity index (χ4n) is 2.42. The highest BCUT2D eigenvalue weighted by Crippen LogP contribution is 2.40. The Hall–Kier alpha value is -2.04. The van der Waals surface area contributed by atoms with Gasteiger partial charge in [-0.2, -0.15) is 0 Å². The van der Waals surface area contributed by atoms with E-state index in [1.54, 1.807) is 7.11 Å². The Morgan fingerprint density at radius 2 is 1.42 bits per heavy atom. The lowest BCUT2D eigenvalue weighted by Gasteiger charge is -2.29. The molecule has 0 saturated carbocycles. The minimum atomic E-state index is -0.482. The van der Waals surface area contributed by atoms with E-state index in [1.807, 2.05) is 12.1 Å². The van der Waals surface area contributed by atoms with Gasteiger partial charge in [-0.1, -0.05) is 41.5 Å². The van der Waals surface area contributed by atoms with Gasteiger partial charge in [0.15, 0.2) is 0 Å². The highest BCUT2D eigenvalue weighted by Gasteiger charge is 2.28. The Morgan fingerprint density at radius 3 is 1.75 bits per heavy atom. The van der Waals surface area contributed by atoms with Crippen molar-refractivity contribution in [2.45, 2.75) is 52.4 Å². The number of esters is 1. The van der Waals surface area contributed by atoms with Crippen molar-refractivity contribution in [3.8, 4) is 5.75 Å². The molecule has 0 atom stereocenters. The summed E-state index contributed by atoms with van der Waals surface area (Å²) in [5.41, 5.74) is 2.05. The first-order valence-corrected chi connectivity index (χ1v) is 7.99. The maximum absolute atomic E-state index is 12.5. The van der Waals surface area contributed by atoms with Gasteiger partial charge in [0.05, 0.1) is 14.2 Å². The number of ether oxygens (including phenoxy) is 2. The van der Waals surface area contributed by atoms with E-state index in [1.165, 1.54) is 7.11 Å². The number of carbonyl (C=O) groups is 2. The van der Waals surface area contributed by atoms with Gasteiger partial charge < -0.3 is 14.8 Å². The van der Waals surface area contributed by atoms with E-state index in [0.29, 0.717) is 5.56 Å². The molecule has 0 aliphatic heterocycles. The molecule has 0 saturated heterocycles. The number of amides is 1. The third-order valence-corrected chi connectivity index (χ3v) is 3.79. The van der Waals surface area contributed by atoms with Crippen LogP contribution in [-0.4, -0.2) is 32.6 Å². The molecule has 24 heavy (non-hydrogen) atoms. The Labute approximate surface area is 144 Å². The lowest BCUT2D eigenvalue weighted by Crippen LogP contribution is -2.31. The first-order valence-electron chi connectivity index (χ1n) is 7.99. The van der Waals surface area contributed by atoms with Crippen LogP contribution in [0.2, 0.25) is 0 Å². The predicted molar refractivity (Wildman–Crippen MR) is 94.7 cm³/mol. The molecule has 1 amide bonds. The van der Waals surface area contributed by atoms with Gasteiger partial charge in [-0.05, 0) is 23.0 Å². The fourth-order valence-corrected chi connectivity index (χ4v) is 2.42. The third-order valence-electron chi connectivity index (χ3n) is 3.79. The van der Waals surface area contributed by atoms with Crippen molar-refractivity contribution in [3.05, 3.63) is 28.8 Å². The quantitative estimate of drug-likeness (QED) is 0.858. The second-order valence-corrected chi connectivity index (χ2v) is 7.86. The average Bonchev–Trinajstić information content (AvgIpc) is 2.48. The average molecular weight is 335 g/mol. The molecule has 1 aromatic carbocycles. The van der Waals surface area contributed by atoms with E-state index in [-0.39, 0.29) is 23.3 Å². The Morgan fingerprint density at radius 1 is 0.958 bits per heavy atom. The van der Waals surface area contributed by atoms with Crippen LogP contribution in [0.3, 0.4) is 0 Å². The summed E-state index contributed by atoms with van der Waals surface area (Å²) in [5.74, 6) is 0.0162. The summed E-state index contributed by atoms with van der Waals surface area (Å²) < 4.78 is 10.2. The number of methoxy groups -OCH3 is 2. The molecule has 0 fully saturated rings. The van der Waals surface area contributed by atoms with E-state index in [0.717, 1.165) is 16.9 Å². The molecule has 1 N–H and O–H groups in total. The lowest BCUT2D eigenvalue weighted by atomic mass is 9.78. The number of nitrogens with one attached hydrogen (secondary N) is 1. The molecule has 0 bridgehead atoms. The van der Waals surface area contributed by atoms with Crippen molar-refractivity contribution >= 4 is 11.9 Å². The van der Waals surface area contributed by atoms with E-state index < -0.39 is 5.97 Å². The summed E-state index contributed by atoms with van der Waals surface area (Å²) in [4.78, 5) is 23.7. The van der Waals surface area contributed by atoms with Crippen LogP contribution in [-0.2, 0) is 20.4 Å². The van der Waals surface area contributed by atoms with Crippen molar-refractivity contribution in [1.82, 2.24) is 5.32 Å². The van der Waals surface area contributed by atoms with Gasteiger partial charge in [0.2, 0.25) is 0 Å². The number of benzene rings is 1. The van der Waals surface area contributed by atoms with Crippen LogP contribution in [0.1, 0.15) is 63.0 Å². The van der Waals surface area contributed by atoms with E-state index in [2.05, 4.69) is 51.6 Å². The Balaban J connectivity index is 3.42. The maximum atomic E-state index is 12.5. The van der Waals surface area contributed by atoms with Gasteiger partial charge in [-0.25, -0.2) is 0 Å². The van der Waals surface area contributed by atoms with Crippen LogP contribution in [0, 0.1) is 0 Å². The number of hydrogen-bond donors (Lipinski definition) is 1. The number of carbonyl (C=O) groups excluding carboxylic acids is 2. The zero-order valence-electron chi connectivity index (χ0n) is 16.0. The normalized spacial score (nSPS) is 11.8. The molecule has 1 rings (SSSR count). The highest BCUT2D eigenvalue weighted by molar-refractivity contribution is 5.96. The maximum Gasteiger partial charge on any atom is 0.325 e. The van der Waals surface area contributed by atoms with Crippen LogP contribution in [0.4, 0.5) is 0 Å². The molecule has 0 aliphatic carbocycles. The minimum Gasteiger partial charge on any atom is -0.496 e. The summed E-state index contributed by atoms with van der Waals surface area (Å²) in [6, 6.07) is 3.67. The van der Waals surface area contributed by atoms with Crippen LogP contribution < -0.4 is 10.1 Å². The standard InChI is InChI=1S/C19H29NO4/c1-18(2,3)13-9-12(17(22)20-11-15(21)23-7)10-14(16(13)24-8)19(4,5)6/h9-10H,11H2,1-8H3,(H,20,22). The molecular weight excluding hydrogens is 306 g/mol. The van der Waals surface area contributed by atoms with Gasteiger partial charge in [-0.15, -0.1) is 0 Å². The van der Waals surface area contributed by atoms with Crippen LogP contribution in [0.5, 0.6) is 5.75 Å². The van der Waals surface area contributed by atoms with Gasteiger partial charge in [0, 0.05) is 16.7 Å². The van der Waals surface area contributed by atoms with Crippen LogP contribution >= 0.6 is 0 Å². The zero-order valence-corrected chi connectivity index (χ0v) is 16.0. The monoisotopic (exact) mass is 335 g/mol. The van der Waals surface area contributed by atoms with Crippen molar-refractivity contribution in [2.75, 3.05) is 20.8 Å². The van der Waals surface area contributed by atoms with Gasteiger partial charge in [0.1, 0.15) is 12.3 Å². The molecule has 5 heteroatoms. The van der Waals surface area contributed by atoms with Gasteiger partial charge in [-0.3, -0.25) is 9.59 Å². The van der Waals surface area contributed by atoms with Gasteiger partial charge >= 0.3 is 5.97 Å². The summed E-state index contributed by atoms with van der Waals surface area (Å²) in [5, 5.41) is 2.59. The molecule has 0 aromatic heterocycles. The van der Waals surface area contributed by atoms with E-state index in [4.69, 9.17) is 4.74 Å². The van der Waals surface area contributed by atoms with E-state index in [9.17, 15) is 9.59 Å². The SMILES string of the molecule is COC(=O)CNC(=O)c1cc(C(C)(C)C)c(OC)c(C(C)(C)C)c1. The van der Waals surface area contributed by atoms with Crippen LogP contribution in [0.25, 0.3) is 0 Å². The summed E-state index contributed by atoms with van der Waals surface area (Å²) >= 11 is 0. The molecular formula is C19H29NO4. The fraction of sp³-hybridized carbons (Fsp3) is 0.579. The first-order chi connectivity index (χ1) is 10.9. The summed E-state index contributed by atoms with van der Waals surface area (Å²) in [6.07, 6.45) is 0. The third kappa shape index (κ3) is 4.73. The Kier molecular flexibility index (Phi) is 6.04. The molecule has 5 nitrogen and oxygen atoms in total. The van der Waals surface area contributed by atoms with E-state index >= 15 is 0 Å². The molecule has 0 heterocycles. The number of rotatable bonds is 4. The minimum absolute atomic E-state index is 0.156. The summed E-state index contributed by atoms with van der Waals surface area (Å²) in [7, 11) is 2.94. The van der Waals surface area contributed by atoms with Crippen molar-refractivity contribution in [2.24, 2.45) is 0 Å². The largest absolute Gasteiger partial charge is 0.496 e. The van der Waals surface area contributed by atoms with Crippen molar-refractivity contribution < 1.29 is 19.1 Å². The second kappa shape index (κ2) is 7.24. The first kappa shape index (κ1) is 20.0. The lowest BCUT2D eigenvalue weighted by molar-refractivity contribution is -0.139. The number of hydrogen-bond acceptors (Lipinski definition) is 4. The van der Waals surface area contributed by atoms with Crippen molar-refractivity contribution in [3.63, 3.8) is 0 Å². The molecule has 134 valence electrons. The Bertz CT molecular complexity index is 586. The second-order valence-electron chi connectivity index (χ2n) is 7.86. The van der Waals surface area contributed by atoms with Crippen molar-refractivity contribution in [1.29, 1.82) is 0 Å². The smallest absolute Gasteiger partial charge is 0.325 e. The molecule has 0 radical (unpaired) electrons. The zero-order chi connectivity index (χ0) is 18.7. The predicted octanol–water partition coefficient (Wildman–Crippen LogP) is 3.19. The molecule has 0 aliphatic rings. The summed E-state index contributed by atoms with van der Waals surface area (Å²) in [6.45, 7) is 12.3. The van der Waals surface area contributed by atoms with Crippen LogP contribution in [0.15, 0.2) is 12.1 Å². The molecule has 1 aromatic rings. The highest BCUT2D eigenvalue weighted by atomic mass is 16.5. The molecule has 0 unspecified atom stereocenters. The topological polar surface area (TPSA) is 64.6 Å². The molecule has 0 spiro atoms. The van der Waals surface area contributed by atoms with Gasteiger partial charge in [0.25, 0.3) is 5.91 Å².